The third kappa shape index (κ3) is 13.0. The highest BCUT2D eigenvalue weighted by Gasteiger charge is 2.70. The lowest BCUT2D eigenvalue weighted by molar-refractivity contribution is -0.147. The van der Waals surface area contributed by atoms with E-state index in [1.165, 1.54) is 231 Å². The van der Waals surface area contributed by atoms with Crippen molar-refractivity contribution in [3.63, 3.8) is 0 Å². The molecule has 0 aromatic rings. The lowest BCUT2D eigenvalue weighted by Gasteiger charge is -2.74. The van der Waals surface area contributed by atoms with Gasteiger partial charge in [-0.25, -0.2) is 0 Å². The largest absolute Gasteiger partial charge is 0.343 e. The maximum absolute atomic E-state index is 4.13. The normalized spacial score (nSPS) is 33.1. The molecule has 15 aliphatic rings. The Kier molecular flexibility index (Phi) is 23.5. The molecule has 3 aliphatic heterocycles. The first kappa shape index (κ1) is 68.8. The van der Waals surface area contributed by atoms with Crippen LogP contribution in [0.25, 0.3) is 0 Å². The van der Waals surface area contributed by atoms with Crippen LogP contribution < -0.4 is 0 Å². The highest BCUT2D eigenvalue weighted by atomic mass is 15.3. The van der Waals surface area contributed by atoms with Gasteiger partial charge in [-0.05, 0) is 283 Å². The monoisotopic (exact) mass is 1270 g/mol. The van der Waals surface area contributed by atoms with Crippen LogP contribution in [0.5, 0.6) is 0 Å². The third-order valence-electron chi connectivity index (χ3n) is 34.8. The van der Waals surface area contributed by atoms with Gasteiger partial charge in [-0.1, -0.05) is 231 Å². The fourth-order valence-corrected chi connectivity index (χ4v) is 31.5. The van der Waals surface area contributed by atoms with Gasteiger partial charge in [-0.2, -0.15) is 0 Å². The van der Waals surface area contributed by atoms with Gasteiger partial charge in [0.2, 0.25) is 0 Å². The average molecular weight is 1270 g/mol. The molecule has 0 unspecified atom stereocenters. The van der Waals surface area contributed by atoms with Crippen LogP contribution in [0.4, 0.5) is 0 Å². The number of hydrogen-bond donors (Lipinski definition) is 0. The van der Waals surface area contributed by atoms with E-state index in [0.29, 0.717) is 39.9 Å². The Hall–Kier alpha value is 0.0748. The zero-order valence-electron chi connectivity index (χ0n) is 61.8. The van der Waals surface area contributed by atoms with E-state index in [-0.39, 0.29) is 0 Å². The Labute approximate surface area is 579 Å². The zero-order valence-corrected chi connectivity index (χ0v) is 61.8. The molecule has 12 aliphatic carbocycles. The highest BCUT2D eigenvalue weighted by molar-refractivity contribution is 7.37. The first-order valence-corrected chi connectivity index (χ1v) is 45.2. The molecule has 15 rings (SSSR count). The van der Waals surface area contributed by atoms with Crippen LogP contribution in [0.2, 0.25) is 0 Å². The van der Waals surface area contributed by atoms with Gasteiger partial charge < -0.3 is 14.4 Å². The Morgan fingerprint density at radius 2 is 0.290 bits per heavy atom. The van der Waals surface area contributed by atoms with E-state index in [0.717, 1.165) is 71.0 Å². The minimum Gasteiger partial charge on any atom is -0.343 e. The molecular formula is C87H150B3N3. The summed E-state index contributed by atoms with van der Waals surface area (Å²) in [4.78, 5) is 12.0. The second-order valence-electron chi connectivity index (χ2n) is 38.4. The lowest BCUT2D eigenvalue weighted by atomic mass is 9.12. The number of hydrogen-bond acceptors (Lipinski definition) is 3. The highest BCUT2D eigenvalue weighted by Crippen LogP contribution is 2.67. The van der Waals surface area contributed by atoms with E-state index in [1.54, 1.807) is 212 Å². The molecule has 3 heterocycles. The molecule has 0 aromatic carbocycles. The van der Waals surface area contributed by atoms with E-state index in [2.05, 4.69) is 29.0 Å². The number of rotatable bonds is 17. The summed E-state index contributed by atoms with van der Waals surface area (Å²) in [6.45, 7) is 0.408. The van der Waals surface area contributed by atoms with Crippen LogP contribution in [0.3, 0.4) is 0 Å². The van der Waals surface area contributed by atoms with Gasteiger partial charge in [0.25, 0.3) is 0 Å². The molecule has 12 saturated carbocycles. The molecule has 0 N–H and O–H groups in total. The van der Waals surface area contributed by atoms with Gasteiger partial charge in [0, 0.05) is 33.2 Å². The molecular weight excluding hydrogens is 1120 g/mol. The summed E-state index contributed by atoms with van der Waals surface area (Å²) in [5, 5.41) is 0. The van der Waals surface area contributed by atoms with Crippen LogP contribution in [-0.4, -0.2) is 68.9 Å². The van der Waals surface area contributed by atoms with Gasteiger partial charge in [-0.3, -0.25) is 0 Å². The molecule has 0 aromatic heterocycles. The van der Waals surface area contributed by atoms with Gasteiger partial charge in [-0.15, -0.1) is 0 Å². The molecule has 93 heavy (non-hydrogen) atoms. The fourth-order valence-electron chi connectivity index (χ4n) is 31.5. The first-order chi connectivity index (χ1) is 46.1. The first-order valence-electron chi connectivity index (χ1n) is 45.2. The molecule has 522 valence electrons. The summed E-state index contributed by atoms with van der Waals surface area (Å²) >= 11 is 0. The predicted molar refractivity (Wildman–Crippen MR) is 400 cm³/mol. The summed E-state index contributed by atoms with van der Waals surface area (Å²) in [5.74, 6) is 10.5. The Bertz CT molecular complexity index is 1850. The second kappa shape index (κ2) is 31.8. The molecule has 3 saturated heterocycles. The van der Waals surface area contributed by atoms with Crippen LogP contribution >= 0.6 is 0 Å². The number of nitrogens with zero attached hydrogens (tertiary/aromatic N) is 3. The van der Waals surface area contributed by atoms with Gasteiger partial charge in [0.1, 0.15) is 0 Å². The van der Waals surface area contributed by atoms with Crippen molar-refractivity contribution >= 4 is 21.2 Å². The molecule has 15 fully saturated rings. The summed E-state index contributed by atoms with van der Waals surface area (Å²) in [6, 6.07) is 0. The fraction of sp³-hybridized carbons (Fsp3) is 1.00. The van der Waals surface area contributed by atoms with Crippen molar-refractivity contribution in [2.75, 3.05) is 0 Å². The Morgan fingerprint density at radius 3 is 0.441 bits per heavy atom. The van der Waals surface area contributed by atoms with E-state index in [9.17, 15) is 0 Å². The summed E-state index contributed by atoms with van der Waals surface area (Å²) in [6.07, 6.45) is 106. The molecule has 2 radical (unpaired) electrons. The van der Waals surface area contributed by atoms with E-state index < -0.39 is 0 Å². The van der Waals surface area contributed by atoms with Crippen molar-refractivity contribution in [2.45, 2.75) is 476 Å². The van der Waals surface area contributed by atoms with E-state index >= 15 is 0 Å². The third-order valence-corrected chi connectivity index (χ3v) is 34.8. The number of piperidine rings is 3. The minimum atomic E-state index is 0.296. The lowest BCUT2D eigenvalue weighted by Crippen LogP contribution is -2.85. The summed E-state index contributed by atoms with van der Waals surface area (Å²) < 4.78 is 0. The minimum absolute atomic E-state index is 0.296. The molecule has 0 bridgehead atoms. The van der Waals surface area contributed by atoms with Gasteiger partial charge >= 0.3 is 0 Å². The molecule has 3 nitrogen and oxygen atoms in total. The maximum atomic E-state index is 4.13. The van der Waals surface area contributed by atoms with Crippen molar-refractivity contribution in [3.8, 4) is 0 Å². The Balaban J connectivity index is 1.06. The smallest absolute Gasteiger partial charge is 0.184 e. The van der Waals surface area contributed by atoms with Crippen LogP contribution in [0.15, 0.2) is 0 Å². The van der Waals surface area contributed by atoms with E-state index in [4.69, 9.17) is 0 Å². The second-order valence-corrected chi connectivity index (χ2v) is 38.4. The van der Waals surface area contributed by atoms with Crippen molar-refractivity contribution in [1.29, 1.82) is 0 Å². The Morgan fingerprint density at radius 1 is 0.161 bits per heavy atom. The van der Waals surface area contributed by atoms with E-state index in [1.807, 2.05) is 0 Å². The zero-order chi connectivity index (χ0) is 62.4. The predicted octanol–water partition coefficient (Wildman–Crippen LogP) is 25.1. The van der Waals surface area contributed by atoms with Crippen molar-refractivity contribution < 1.29 is 0 Å². The quantitative estimate of drug-likeness (QED) is 0.134. The summed E-state index contributed by atoms with van der Waals surface area (Å²) in [5.41, 5.74) is 1.82. The van der Waals surface area contributed by atoms with Crippen molar-refractivity contribution in [3.05, 3.63) is 0 Å². The summed E-state index contributed by atoms with van der Waals surface area (Å²) in [7, 11) is 7.43. The topological polar surface area (TPSA) is 9.72 Å². The SMILES string of the molecule is [B](B([B]N1C(C2CCCCC2)(C2CCCCC2)CCCC1(C1CCCCC1)C1CCCCC1)N1C(C2CCCCC2)(C2CCCCC2)CCCC1(C1CCCCC1)C1CCCCC1)N1C(C2CCCCC2)(C2CCCCC2)CCCC1(C1CCCCC1)C1CCCCC1. The van der Waals surface area contributed by atoms with Crippen LogP contribution in [0, 0.1) is 71.0 Å². The van der Waals surface area contributed by atoms with Crippen LogP contribution in [0.1, 0.15) is 443 Å². The van der Waals surface area contributed by atoms with Gasteiger partial charge in [0.05, 0.1) is 0 Å². The van der Waals surface area contributed by atoms with Crippen molar-refractivity contribution in [1.82, 2.24) is 14.4 Å². The molecule has 0 spiro atoms. The molecule has 0 amide bonds. The van der Waals surface area contributed by atoms with Crippen LogP contribution in [-0.2, 0) is 0 Å². The maximum Gasteiger partial charge on any atom is 0.184 e. The van der Waals surface area contributed by atoms with Gasteiger partial charge in [0.15, 0.2) is 21.2 Å². The standard InChI is InChI=1S/C87H150B3N3/c1-13-40-70(41-14-1)82(71-42-15-2-16-43-71)64-37-65-83(72-44-17-3-18-45-72,73-46-19-4-20-47-73)91(82)88-90(93-86(78-56-29-9-30-57-78,79-58-31-10-32-59-79)68-39-69-87(93,80-60-33-11-34-61-80)81-62-35-12-36-63-81)89-92-84(74-48-21-5-22-49-74,75-50-23-6-24-51-75)66-38-67-85(92,76-52-25-7-26-53-76)77-54-27-8-28-55-77/h70-81H,1-69H2. The van der Waals surface area contributed by atoms with Crippen molar-refractivity contribution in [2.24, 2.45) is 71.0 Å². The average Bonchev–Trinajstić information content (AvgIpc) is 0.714. The molecule has 0 atom stereocenters. The molecule has 6 heteroatoms.